The molecule has 0 saturated heterocycles. The van der Waals surface area contributed by atoms with E-state index in [2.05, 4.69) is 17.2 Å². The zero-order chi connectivity index (χ0) is 12.4. The van der Waals surface area contributed by atoms with E-state index in [0.717, 1.165) is 5.57 Å². The molecule has 6 nitrogen and oxygen atoms in total. The topological polar surface area (TPSA) is 93.5 Å². The third kappa shape index (κ3) is 9.17. The molecule has 0 fully saturated rings. The lowest BCUT2D eigenvalue weighted by atomic mass is 10.4. The molecule has 2 amide bonds. The van der Waals surface area contributed by atoms with E-state index in [1.807, 2.05) is 6.92 Å². The predicted octanol–water partition coefficient (Wildman–Crippen LogP) is -1.23. The summed E-state index contributed by atoms with van der Waals surface area (Å²) in [7, 11) is 0. The molecule has 0 aliphatic heterocycles. The highest BCUT2D eigenvalue weighted by Crippen LogP contribution is 1.86. The van der Waals surface area contributed by atoms with Crippen molar-refractivity contribution >= 4 is 11.8 Å². The van der Waals surface area contributed by atoms with Crippen LogP contribution in [0.1, 0.15) is 6.92 Å². The normalized spacial score (nSPS) is 9.62. The quantitative estimate of drug-likeness (QED) is 0.359. The molecule has 4 N–H and O–H groups in total. The van der Waals surface area contributed by atoms with E-state index in [9.17, 15) is 9.59 Å². The Morgan fingerprint density at radius 2 is 2.00 bits per heavy atom. The maximum absolute atomic E-state index is 11.1. The van der Waals surface area contributed by atoms with Crippen molar-refractivity contribution in [1.82, 2.24) is 10.6 Å². The minimum absolute atomic E-state index is 0.0590. The molecule has 0 aliphatic rings. The molecule has 0 radical (unpaired) electrons. The molecule has 0 heterocycles. The lowest BCUT2D eigenvalue weighted by Crippen LogP contribution is -2.40. The van der Waals surface area contributed by atoms with Gasteiger partial charge in [-0.15, -0.1) is 0 Å². The fourth-order valence-corrected chi connectivity index (χ4v) is 0.823. The van der Waals surface area contributed by atoms with Gasteiger partial charge in [-0.3, -0.25) is 9.59 Å². The summed E-state index contributed by atoms with van der Waals surface area (Å²) < 4.78 is 5.17. The number of hydrogen-bond donors (Lipinski definition) is 3. The summed E-state index contributed by atoms with van der Waals surface area (Å²) in [6, 6.07) is 0. The standard InChI is InChI=1S/C10H19N3O3/c1-8(2)7-16-4-3-12-10(15)6-13-9(14)5-11/h1,3-7,11H2,2H3,(H,12,15)(H,13,14). The number of carbonyl (C=O) groups is 2. The van der Waals surface area contributed by atoms with Crippen molar-refractivity contribution in [3.63, 3.8) is 0 Å². The maximum atomic E-state index is 11.1. The van der Waals surface area contributed by atoms with Crippen LogP contribution in [0.25, 0.3) is 0 Å². The van der Waals surface area contributed by atoms with Crippen molar-refractivity contribution < 1.29 is 14.3 Å². The Balaban J connectivity index is 3.37. The van der Waals surface area contributed by atoms with Gasteiger partial charge in [-0.1, -0.05) is 12.2 Å². The van der Waals surface area contributed by atoms with Crippen LogP contribution >= 0.6 is 0 Å². The zero-order valence-electron chi connectivity index (χ0n) is 9.54. The van der Waals surface area contributed by atoms with Gasteiger partial charge in [-0.2, -0.15) is 0 Å². The second-order valence-corrected chi connectivity index (χ2v) is 3.34. The molecule has 0 atom stereocenters. The molecule has 0 aromatic heterocycles. The Kier molecular flexibility index (Phi) is 8.10. The summed E-state index contributed by atoms with van der Waals surface area (Å²) >= 11 is 0. The van der Waals surface area contributed by atoms with Gasteiger partial charge in [0, 0.05) is 6.54 Å². The summed E-state index contributed by atoms with van der Waals surface area (Å²) in [4.78, 5) is 21.8. The van der Waals surface area contributed by atoms with E-state index >= 15 is 0 Å². The minimum atomic E-state index is -0.353. The van der Waals surface area contributed by atoms with Gasteiger partial charge in [0.15, 0.2) is 0 Å². The Morgan fingerprint density at radius 3 is 2.56 bits per heavy atom. The largest absolute Gasteiger partial charge is 0.375 e. The monoisotopic (exact) mass is 229 g/mol. The van der Waals surface area contributed by atoms with Crippen LogP contribution in [0.4, 0.5) is 0 Å². The summed E-state index contributed by atoms with van der Waals surface area (Å²) in [6.07, 6.45) is 0. The van der Waals surface area contributed by atoms with Crippen LogP contribution in [0.15, 0.2) is 12.2 Å². The zero-order valence-corrected chi connectivity index (χ0v) is 9.54. The molecule has 92 valence electrons. The van der Waals surface area contributed by atoms with Crippen LogP contribution in [-0.4, -0.2) is 44.7 Å². The maximum Gasteiger partial charge on any atom is 0.239 e. The molecule has 0 aromatic carbocycles. The van der Waals surface area contributed by atoms with Crippen molar-refractivity contribution in [1.29, 1.82) is 0 Å². The summed E-state index contributed by atoms with van der Waals surface area (Å²) in [5, 5.41) is 4.95. The first-order chi connectivity index (χ1) is 7.56. The molecular formula is C10H19N3O3. The average molecular weight is 229 g/mol. The third-order valence-electron chi connectivity index (χ3n) is 1.55. The first kappa shape index (κ1) is 14.6. The van der Waals surface area contributed by atoms with Gasteiger partial charge in [-0.25, -0.2) is 0 Å². The van der Waals surface area contributed by atoms with Gasteiger partial charge >= 0.3 is 0 Å². The van der Waals surface area contributed by atoms with Crippen LogP contribution < -0.4 is 16.4 Å². The van der Waals surface area contributed by atoms with Crippen molar-refractivity contribution in [2.24, 2.45) is 5.73 Å². The molecule has 0 aromatic rings. The Bertz CT molecular complexity index is 254. The lowest BCUT2D eigenvalue weighted by molar-refractivity contribution is -0.125. The van der Waals surface area contributed by atoms with Gasteiger partial charge in [0.1, 0.15) is 0 Å². The molecule has 0 bridgehead atoms. The second kappa shape index (κ2) is 8.87. The van der Waals surface area contributed by atoms with Crippen LogP contribution in [0.2, 0.25) is 0 Å². The van der Waals surface area contributed by atoms with Gasteiger partial charge in [0.05, 0.1) is 26.3 Å². The highest BCUT2D eigenvalue weighted by Gasteiger charge is 2.02. The predicted molar refractivity (Wildman–Crippen MR) is 60.7 cm³/mol. The fraction of sp³-hybridized carbons (Fsp3) is 0.600. The number of ether oxygens (including phenoxy) is 1. The Hall–Kier alpha value is -1.40. The van der Waals surface area contributed by atoms with Gasteiger partial charge in [0.25, 0.3) is 0 Å². The fourth-order valence-electron chi connectivity index (χ4n) is 0.823. The van der Waals surface area contributed by atoms with Crippen molar-refractivity contribution in [3.05, 3.63) is 12.2 Å². The average Bonchev–Trinajstić information content (AvgIpc) is 2.24. The van der Waals surface area contributed by atoms with E-state index in [1.165, 1.54) is 0 Å². The SMILES string of the molecule is C=C(C)COCCNC(=O)CNC(=O)CN. The summed E-state index contributed by atoms with van der Waals surface area (Å²) in [6.45, 7) is 6.67. The van der Waals surface area contributed by atoms with Gasteiger partial charge in [-0.05, 0) is 6.92 Å². The number of amides is 2. The molecule has 0 unspecified atom stereocenters. The summed E-state index contributed by atoms with van der Waals surface area (Å²) in [5.74, 6) is -0.616. The van der Waals surface area contributed by atoms with E-state index in [-0.39, 0.29) is 24.9 Å². The summed E-state index contributed by atoms with van der Waals surface area (Å²) in [5.41, 5.74) is 5.99. The van der Waals surface area contributed by atoms with E-state index in [4.69, 9.17) is 10.5 Å². The minimum Gasteiger partial charge on any atom is -0.375 e. The second-order valence-electron chi connectivity index (χ2n) is 3.34. The first-order valence-corrected chi connectivity index (χ1v) is 5.02. The van der Waals surface area contributed by atoms with E-state index in [0.29, 0.717) is 19.8 Å². The molecule has 6 heteroatoms. The molecule has 16 heavy (non-hydrogen) atoms. The van der Waals surface area contributed by atoms with Crippen molar-refractivity contribution in [3.8, 4) is 0 Å². The van der Waals surface area contributed by atoms with Crippen LogP contribution in [0.5, 0.6) is 0 Å². The Labute approximate surface area is 95.2 Å². The molecular weight excluding hydrogens is 210 g/mol. The Morgan fingerprint density at radius 1 is 1.31 bits per heavy atom. The van der Waals surface area contributed by atoms with E-state index in [1.54, 1.807) is 0 Å². The van der Waals surface area contributed by atoms with Crippen LogP contribution in [0.3, 0.4) is 0 Å². The smallest absolute Gasteiger partial charge is 0.239 e. The molecule has 0 saturated carbocycles. The highest BCUT2D eigenvalue weighted by molar-refractivity contribution is 5.85. The number of hydrogen-bond acceptors (Lipinski definition) is 4. The molecule has 0 rings (SSSR count). The number of nitrogens with two attached hydrogens (primary N) is 1. The van der Waals surface area contributed by atoms with Crippen molar-refractivity contribution in [2.75, 3.05) is 32.8 Å². The molecule has 0 spiro atoms. The third-order valence-corrected chi connectivity index (χ3v) is 1.55. The van der Waals surface area contributed by atoms with Gasteiger partial charge < -0.3 is 21.1 Å². The number of carbonyl (C=O) groups excluding carboxylic acids is 2. The van der Waals surface area contributed by atoms with Crippen LogP contribution in [0, 0.1) is 0 Å². The number of nitrogens with one attached hydrogen (secondary N) is 2. The van der Waals surface area contributed by atoms with Gasteiger partial charge in [0.2, 0.25) is 11.8 Å². The lowest BCUT2D eigenvalue weighted by Gasteiger charge is -2.06. The number of rotatable bonds is 8. The highest BCUT2D eigenvalue weighted by atomic mass is 16.5. The van der Waals surface area contributed by atoms with Crippen LogP contribution in [-0.2, 0) is 14.3 Å². The van der Waals surface area contributed by atoms with E-state index < -0.39 is 0 Å². The van der Waals surface area contributed by atoms with Crippen molar-refractivity contribution in [2.45, 2.75) is 6.92 Å². The first-order valence-electron chi connectivity index (χ1n) is 5.02. The molecule has 0 aliphatic carbocycles.